The first-order valence-electron chi connectivity index (χ1n) is 17.0. The second-order valence-corrected chi connectivity index (χ2v) is 13.7. The molecule has 5 heterocycles. The molecule has 11 nitrogen and oxygen atoms in total. The number of carbonyl (C=O) groups is 2. The molecular weight excluding hydrogens is 677 g/mol. The van der Waals surface area contributed by atoms with Crippen molar-refractivity contribution in [1.29, 1.82) is 0 Å². The number of nitrogens with one attached hydrogen (secondary N) is 1. The zero-order valence-electron chi connectivity index (χ0n) is 27.3. The first kappa shape index (κ1) is 34.4. The van der Waals surface area contributed by atoms with Crippen LogP contribution in [-0.2, 0) is 19.7 Å². The van der Waals surface area contributed by atoms with Crippen LogP contribution in [-0.4, -0.2) is 78.6 Å². The van der Waals surface area contributed by atoms with Crippen LogP contribution in [0.2, 0.25) is 5.02 Å². The number of halogens is 4. The molecule has 2 aromatic heterocycles. The van der Waals surface area contributed by atoms with E-state index in [1.165, 1.54) is 18.2 Å². The van der Waals surface area contributed by atoms with Gasteiger partial charge in [0.15, 0.2) is 12.1 Å². The van der Waals surface area contributed by atoms with E-state index in [9.17, 15) is 22.8 Å². The van der Waals surface area contributed by atoms with E-state index in [-0.39, 0.29) is 41.3 Å². The van der Waals surface area contributed by atoms with Crippen molar-refractivity contribution in [3.63, 3.8) is 0 Å². The second-order valence-electron chi connectivity index (χ2n) is 13.3. The highest BCUT2D eigenvalue weighted by Gasteiger charge is 2.59. The fourth-order valence-electron chi connectivity index (χ4n) is 7.47. The molecule has 3 aliphatic heterocycles. The maximum absolute atomic E-state index is 14.6. The molecule has 3 fully saturated rings. The van der Waals surface area contributed by atoms with Gasteiger partial charge in [-0.3, -0.25) is 14.6 Å². The van der Waals surface area contributed by atoms with Gasteiger partial charge < -0.3 is 29.3 Å². The van der Waals surface area contributed by atoms with Gasteiger partial charge in [0.1, 0.15) is 23.5 Å². The summed E-state index contributed by atoms with van der Waals surface area (Å²) < 4.78 is 58.8. The van der Waals surface area contributed by atoms with Gasteiger partial charge in [-0.05, 0) is 74.6 Å². The number of hydrogen-bond acceptors (Lipinski definition) is 9. The van der Waals surface area contributed by atoms with Crippen LogP contribution in [0.5, 0.6) is 5.88 Å². The number of rotatable bonds is 11. The molecule has 1 aliphatic carbocycles. The summed E-state index contributed by atoms with van der Waals surface area (Å²) in [6.45, 7) is 2.36. The van der Waals surface area contributed by atoms with Gasteiger partial charge in [-0.2, -0.15) is 0 Å². The molecule has 1 atom stereocenters. The maximum Gasteiger partial charge on any atom is 0.281 e. The number of pyridine rings is 1. The standard InChI is InChI=1S/C35H38ClF3N6O5/c36-22-15-25(29(30(38)39)42-17-22)32(46)43-24-7-4-21(5-8-24)18-45-27-16-23(37)6-9-26(27)35(34(45)47)19-44(20-35)31-33(41-11-10-40-31)50-14-13-49-28-3-1-2-12-48-28/h6,9-11,15-17,21,24,28,30H,1-5,7-8,12-14,18-20H2,(H,43,46)/t21-,24-,28?. The third-order valence-corrected chi connectivity index (χ3v) is 10.2. The number of benzene rings is 1. The molecule has 1 aromatic carbocycles. The molecule has 3 aromatic rings. The molecule has 2 saturated heterocycles. The van der Waals surface area contributed by atoms with Crippen LogP contribution < -0.4 is 19.9 Å². The lowest BCUT2D eigenvalue weighted by molar-refractivity contribution is -0.165. The van der Waals surface area contributed by atoms with Crippen molar-refractivity contribution >= 4 is 34.9 Å². The Labute approximate surface area is 292 Å². The van der Waals surface area contributed by atoms with Gasteiger partial charge in [0.25, 0.3) is 18.2 Å². The van der Waals surface area contributed by atoms with E-state index in [0.29, 0.717) is 75.9 Å². The Bertz CT molecular complexity index is 1720. The number of alkyl halides is 2. The normalized spacial score (nSPS) is 22.8. The van der Waals surface area contributed by atoms with Crippen molar-refractivity contribution < 1.29 is 37.0 Å². The monoisotopic (exact) mass is 714 g/mol. The van der Waals surface area contributed by atoms with Gasteiger partial charge in [0, 0.05) is 50.9 Å². The quantitative estimate of drug-likeness (QED) is 0.253. The van der Waals surface area contributed by atoms with E-state index in [4.69, 9.17) is 25.8 Å². The number of fused-ring (bicyclic) bond motifs is 2. The van der Waals surface area contributed by atoms with Crippen molar-refractivity contribution in [3.05, 3.63) is 70.5 Å². The topological polar surface area (TPSA) is 119 Å². The van der Waals surface area contributed by atoms with Crippen LogP contribution in [0.1, 0.15) is 73.0 Å². The molecule has 1 spiro atoms. The highest BCUT2D eigenvalue weighted by atomic mass is 35.5. The third-order valence-electron chi connectivity index (χ3n) is 10.0. The SMILES string of the molecule is O=C(N[C@H]1CC[C@H](CN2C(=O)C3(CN(c4nccnc4OCCOC4CCCCO4)C3)c3ccc(F)cc32)CC1)c1cc(Cl)cnc1C(F)F. The zero-order valence-corrected chi connectivity index (χ0v) is 28.1. The average molecular weight is 715 g/mol. The molecule has 50 heavy (non-hydrogen) atoms. The maximum atomic E-state index is 14.6. The van der Waals surface area contributed by atoms with Crippen LogP contribution >= 0.6 is 11.6 Å². The van der Waals surface area contributed by atoms with Crippen molar-refractivity contribution in [2.45, 2.75) is 69.1 Å². The summed E-state index contributed by atoms with van der Waals surface area (Å²) in [6.07, 6.45) is 6.62. The van der Waals surface area contributed by atoms with E-state index >= 15 is 0 Å². The van der Waals surface area contributed by atoms with Gasteiger partial charge in [0.05, 0.1) is 22.9 Å². The van der Waals surface area contributed by atoms with E-state index in [2.05, 4.69) is 20.3 Å². The van der Waals surface area contributed by atoms with E-state index < -0.39 is 29.3 Å². The molecule has 2 amide bonds. The molecule has 0 bridgehead atoms. The number of aromatic nitrogens is 3. The van der Waals surface area contributed by atoms with Gasteiger partial charge in [-0.15, -0.1) is 0 Å². The second kappa shape index (κ2) is 14.7. The van der Waals surface area contributed by atoms with Crippen LogP contribution in [0.25, 0.3) is 0 Å². The first-order chi connectivity index (χ1) is 24.2. The van der Waals surface area contributed by atoms with Crippen molar-refractivity contribution in [3.8, 4) is 5.88 Å². The Morgan fingerprint density at radius 1 is 1.06 bits per heavy atom. The molecular formula is C35H38ClF3N6O5. The average Bonchev–Trinajstić information content (AvgIpc) is 3.33. The van der Waals surface area contributed by atoms with Crippen molar-refractivity contribution in [2.75, 3.05) is 49.3 Å². The summed E-state index contributed by atoms with van der Waals surface area (Å²) in [6, 6.07) is 5.47. The number of carbonyl (C=O) groups excluding carboxylic acids is 2. The minimum Gasteiger partial charge on any atom is -0.473 e. The fourth-order valence-corrected chi connectivity index (χ4v) is 7.63. The lowest BCUT2D eigenvalue weighted by Gasteiger charge is -2.47. The number of hydrogen-bond donors (Lipinski definition) is 1. The van der Waals surface area contributed by atoms with Gasteiger partial charge >= 0.3 is 0 Å². The number of nitrogens with zero attached hydrogens (tertiary/aromatic N) is 5. The molecule has 15 heteroatoms. The molecule has 1 N–H and O–H groups in total. The Hall–Kier alpha value is -4.01. The predicted octanol–water partition coefficient (Wildman–Crippen LogP) is 5.62. The largest absolute Gasteiger partial charge is 0.473 e. The highest BCUT2D eigenvalue weighted by molar-refractivity contribution is 6.30. The Kier molecular flexibility index (Phi) is 10.1. The molecule has 1 unspecified atom stereocenters. The predicted molar refractivity (Wildman–Crippen MR) is 177 cm³/mol. The van der Waals surface area contributed by atoms with E-state index in [1.54, 1.807) is 23.4 Å². The number of ether oxygens (including phenoxy) is 3. The van der Waals surface area contributed by atoms with E-state index in [0.717, 1.165) is 31.0 Å². The minimum absolute atomic E-state index is 0.0926. The van der Waals surface area contributed by atoms with Gasteiger partial charge in [-0.25, -0.2) is 23.1 Å². The summed E-state index contributed by atoms with van der Waals surface area (Å²) in [7, 11) is 0. The van der Waals surface area contributed by atoms with Crippen LogP contribution in [0.3, 0.4) is 0 Å². The zero-order chi connectivity index (χ0) is 34.8. The number of anilines is 2. The summed E-state index contributed by atoms with van der Waals surface area (Å²) in [5.41, 5.74) is -0.373. The van der Waals surface area contributed by atoms with Crippen LogP contribution in [0, 0.1) is 11.7 Å². The van der Waals surface area contributed by atoms with Gasteiger partial charge in [-0.1, -0.05) is 17.7 Å². The molecule has 266 valence electrons. The van der Waals surface area contributed by atoms with Crippen LogP contribution in [0.15, 0.2) is 42.9 Å². The summed E-state index contributed by atoms with van der Waals surface area (Å²) in [5, 5.41) is 2.95. The van der Waals surface area contributed by atoms with Crippen molar-refractivity contribution in [1.82, 2.24) is 20.3 Å². The minimum atomic E-state index is -2.91. The third kappa shape index (κ3) is 6.97. The molecule has 4 aliphatic rings. The summed E-state index contributed by atoms with van der Waals surface area (Å²) in [4.78, 5) is 43.3. The lowest BCUT2D eigenvalue weighted by atomic mass is 9.74. The summed E-state index contributed by atoms with van der Waals surface area (Å²) in [5.74, 6) is -0.196. The smallest absolute Gasteiger partial charge is 0.281 e. The van der Waals surface area contributed by atoms with Crippen LogP contribution in [0.4, 0.5) is 24.7 Å². The van der Waals surface area contributed by atoms with Crippen molar-refractivity contribution in [2.24, 2.45) is 5.92 Å². The Balaban J connectivity index is 0.971. The highest BCUT2D eigenvalue weighted by Crippen LogP contribution is 2.50. The van der Waals surface area contributed by atoms with E-state index in [1.807, 2.05) is 4.90 Å². The molecule has 7 rings (SSSR count). The Morgan fingerprint density at radius 2 is 1.86 bits per heavy atom. The first-order valence-corrected chi connectivity index (χ1v) is 17.4. The lowest BCUT2D eigenvalue weighted by Crippen LogP contribution is -2.64. The number of amides is 2. The summed E-state index contributed by atoms with van der Waals surface area (Å²) >= 11 is 5.93. The molecule has 1 saturated carbocycles. The fraction of sp³-hybridized carbons (Fsp3) is 0.514. The molecule has 0 radical (unpaired) electrons. The van der Waals surface area contributed by atoms with Gasteiger partial charge in [0.2, 0.25) is 5.91 Å². The Morgan fingerprint density at radius 3 is 2.62 bits per heavy atom.